The van der Waals surface area contributed by atoms with Crippen molar-refractivity contribution >= 4 is 16.3 Å². The summed E-state index contributed by atoms with van der Waals surface area (Å²) in [5, 5.41) is 55.0. The minimum atomic E-state index is -5.10. The molecule has 8 unspecified atom stereocenters. The van der Waals surface area contributed by atoms with Gasteiger partial charge in [-0.25, -0.2) is 4.18 Å². The lowest BCUT2D eigenvalue weighted by molar-refractivity contribution is -0.298. The Morgan fingerprint density at radius 3 is 1.77 bits per heavy atom. The fourth-order valence-electron chi connectivity index (χ4n) is 6.40. The van der Waals surface area contributed by atoms with E-state index in [0.717, 1.165) is 51.4 Å². The number of carbonyl (C=O) groups excluding carboxylic acids is 1. The quantitative estimate of drug-likeness (QED) is 0.0254. The van der Waals surface area contributed by atoms with Crippen LogP contribution in [0.4, 0.5) is 0 Å². The molecule has 0 spiro atoms. The molecule has 0 aromatic carbocycles. The molecule has 1 rings (SSSR count). The van der Waals surface area contributed by atoms with E-state index in [1.54, 1.807) is 0 Å². The van der Waals surface area contributed by atoms with Crippen molar-refractivity contribution in [2.45, 2.75) is 210 Å². The summed E-state index contributed by atoms with van der Waals surface area (Å²) in [5.74, 6) is -0.682. The summed E-state index contributed by atoms with van der Waals surface area (Å²) in [5.41, 5.74) is 0. The number of nitrogens with one attached hydrogen (secondary N) is 1. The molecular weight excluding hydrogens is 694 g/mol. The van der Waals surface area contributed by atoms with Crippen molar-refractivity contribution in [1.82, 2.24) is 5.32 Å². The van der Waals surface area contributed by atoms with Crippen LogP contribution in [0.3, 0.4) is 0 Å². The van der Waals surface area contributed by atoms with Gasteiger partial charge in [0.2, 0.25) is 5.91 Å². The average Bonchev–Trinajstić information content (AvgIpc) is 3.11. The first-order valence-electron chi connectivity index (χ1n) is 20.2. The maximum atomic E-state index is 13.0. The van der Waals surface area contributed by atoms with Gasteiger partial charge in [0.1, 0.15) is 30.5 Å². The fourth-order valence-corrected chi connectivity index (χ4v) is 6.91. The lowest BCUT2D eigenvalue weighted by atomic mass is 9.99. The van der Waals surface area contributed by atoms with E-state index in [4.69, 9.17) is 14.0 Å². The molecule has 0 aliphatic carbocycles. The lowest BCUT2D eigenvalue weighted by Gasteiger charge is -2.41. The molecule has 0 bridgehead atoms. The number of aliphatic hydroxyl groups excluding tert-OH is 5. The molecular formula is C38H73NO12S. The van der Waals surface area contributed by atoms with E-state index in [0.29, 0.717) is 19.3 Å². The normalized spacial score (nSPS) is 22.8. The minimum absolute atomic E-state index is 0.246. The number of amides is 1. The Labute approximate surface area is 313 Å². The van der Waals surface area contributed by atoms with Crippen LogP contribution in [0.25, 0.3) is 0 Å². The van der Waals surface area contributed by atoms with Crippen LogP contribution in [-0.2, 0) is 28.9 Å². The van der Waals surface area contributed by atoms with E-state index < -0.39 is 78.5 Å². The van der Waals surface area contributed by atoms with Gasteiger partial charge in [-0.05, 0) is 38.5 Å². The molecule has 7 N–H and O–H groups in total. The van der Waals surface area contributed by atoms with Gasteiger partial charge in [-0.2, -0.15) is 8.42 Å². The Hall–Kier alpha value is -1.20. The highest BCUT2D eigenvalue weighted by atomic mass is 32.3. The minimum Gasteiger partial charge on any atom is -0.394 e. The van der Waals surface area contributed by atoms with Crippen molar-refractivity contribution in [2.24, 2.45) is 0 Å². The van der Waals surface area contributed by atoms with Gasteiger partial charge in [0.25, 0.3) is 0 Å². The zero-order valence-corrected chi connectivity index (χ0v) is 32.8. The van der Waals surface area contributed by atoms with Crippen molar-refractivity contribution in [3.63, 3.8) is 0 Å². The zero-order chi connectivity index (χ0) is 38.6. The van der Waals surface area contributed by atoms with E-state index >= 15 is 0 Å². The van der Waals surface area contributed by atoms with E-state index in [1.165, 1.54) is 70.6 Å². The van der Waals surface area contributed by atoms with Gasteiger partial charge in [0.15, 0.2) is 6.29 Å². The van der Waals surface area contributed by atoms with Crippen molar-refractivity contribution in [3.05, 3.63) is 12.2 Å². The third-order valence-electron chi connectivity index (χ3n) is 9.68. The molecule has 1 aliphatic heterocycles. The van der Waals surface area contributed by atoms with Gasteiger partial charge >= 0.3 is 10.4 Å². The molecule has 1 fully saturated rings. The van der Waals surface area contributed by atoms with Gasteiger partial charge in [-0.15, -0.1) is 0 Å². The summed E-state index contributed by atoms with van der Waals surface area (Å²) >= 11 is 0. The van der Waals surface area contributed by atoms with Gasteiger partial charge in [-0.1, -0.05) is 135 Å². The number of ether oxygens (including phenoxy) is 2. The summed E-state index contributed by atoms with van der Waals surface area (Å²) in [4.78, 5) is 13.0. The molecule has 0 saturated carbocycles. The Balaban J connectivity index is 2.67. The second kappa shape index (κ2) is 30.1. The third kappa shape index (κ3) is 22.9. The zero-order valence-electron chi connectivity index (χ0n) is 32.0. The molecule has 1 heterocycles. The highest BCUT2D eigenvalue weighted by molar-refractivity contribution is 7.80. The molecule has 0 aromatic heterocycles. The Morgan fingerprint density at radius 2 is 1.23 bits per heavy atom. The Kier molecular flexibility index (Phi) is 28.2. The summed E-state index contributed by atoms with van der Waals surface area (Å²) < 4.78 is 47.3. The highest BCUT2D eigenvalue weighted by Crippen LogP contribution is 2.26. The first-order chi connectivity index (χ1) is 24.9. The fraction of sp³-hybridized carbons (Fsp3) is 0.921. The van der Waals surface area contributed by atoms with Gasteiger partial charge in [0.05, 0.1) is 25.4 Å². The molecule has 0 aromatic rings. The van der Waals surface area contributed by atoms with Crippen molar-refractivity contribution < 1.29 is 57.0 Å². The number of hydrogen-bond donors (Lipinski definition) is 7. The Bertz CT molecular complexity index is 1020. The van der Waals surface area contributed by atoms with E-state index in [-0.39, 0.29) is 6.42 Å². The van der Waals surface area contributed by atoms with E-state index in [1.807, 2.05) is 0 Å². The summed E-state index contributed by atoms with van der Waals surface area (Å²) in [7, 11) is -5.10. The molecule has 8 atom stereocenters. The van der Waals surface area contributed by atoms with Crippen LogP contribution >= 0.6 is 0 Å². The molecule has 1 aliphatic rings. The second-order valence-electron chi connectivity index (χ2n) is 14.4. The summed E-state index contributed by atoms with van der Waals surface area (Å²) in [6.07, 6.45) is 17.0. The molecule has 0 radical (unpaired) electrons. The molecule has 1 amide bonds. The van der Waals surface area contributed by atoms with Gasteiger partial charge < -0.3 is 40.3 Å². The molecule has 308 valence electrons. The standard InChI is InChI=1S/C38H73NO12S/c1-3-5-7-9-11-13-15-17-18-20-22-24-26-31(41)30(29-49-38-35(44)36(51-52(46,47)48)34(43)33(28-40)50-38)39-37(45)32(42)27-25-23-21-19-16-14-12-10-8-6-4-2/h12,14,30-36,38,40-44H,3-11,13,15-29H2,1-2H3,(H,39,45)(H,46,47,48)/b14-12-. The Morgan fingerprint density at radius 1 is 0.750 bits per heavy atom. The SMILES string of the molecule is CCCCC/C=C\CCCCCCC(O)C(=O)NC(COC1OC(CO)C(O)C(OS(=O)(=O)O)C1O)C(O)CCCCCCCCCCCCCC. The van der Waals surface area contributed by atoms with Crippen LogP contribution in [0.1, 0.15) is 162 Å². The van der Waals surface area contributed by atoms with Gasteiger partial charge in [-0.3, -0.25) is 9.35 Å². The maximum absolute atomic E-state index is 13.0. The molecule has 52 heavy (non-hydrogen) atoms. The molecule has 1 saturated heterocycles. The average molecular weight is 768 g/mol. The van der Waals surface area contributed by atoms with E-state index in [9.17, 15) is 38.7 Å². The van der Waals surface area contributed by atoms with Crippen molar-refractivity contribution in [3.8, 4) is 0 Å². The van der Waals surface area contributed by atoms with Gasteiger partial charge in [0, 0.05) is 0 Å². The first-order valence-corrected chi connectivity index (χ1v) is 21.5. The van der Waals surface area contributed by atoms with Crippen LogP contribution in [0.2, 0.25) is 0 Å². The number of aliphatic hydroxyl groups is 5. The summed E-state index contributed by atoms with van der Waals surface area (Å²) in [6, 6.07) is -1.03. The number of hydrogen-bond acceptors (Lipinski definition) is 11. The molecule has 13 nitrogen and oxygen atoms in total. The first kappa shape index (κ1) is 48.8. The summed E-state index contributed by atoms with van der Waals surface area (Å²) in [6.45, 7) is 3.20. The van der Waals surface area contributed by atoms with Crippen LogP contribution in [0, 0.1) is 0 Å². The predicted octanol–water partition coefficient (Wildman–Crippen LogP) is 5.40. The van der Waals surface area contributed by atoms with E-state index in [2.05, 4.69) is 35.5 Å². The van der Waals surface area contributed by atoms with Crippen LogP contribution < -0.4 is 5.32 Å². The number of rotatable bonds is 33. The topological polar surface area (TPSA) is 212 Å². The third-order valence-corrected chi connectivity index (χ3v) is 10.1. The van der Waals surface area contributed by atoms with Crippen LogP contribution in [-0.4, -0.2) is 107 Å². The van der Waals surface area contributed by atoms with Crippen molar-refractivity contribution in [2.75, 3.05) is 13.2 Å². The van der Waals surface area contributed by atoms with Crippen LogP contribution in [0.5, 0.6) is 0 Å². The monoisotopic (exact) mass is 767 g/mol. The lowest BCUT2D eigenvalue weighted by Crippen LogP contribution is -2.61. The highest BCUT2D eigenvalue weighted by Gasteiger charge is 2.48. The van der Waals surface area contributed by atoms with Crippen molar-refractivity contribution in [1.29, 1.82) is 0 Å². The smallest absolute Gasteiger partial charge is 0.394 e. The molecule has 14 heteroatoms. The largest absolute Gasteiger partial charge is 0.397 e. The maximum Gasteiger partial charge on any atom is 0.397 e. The number of allylic oxidation sites excluding steroid dienone is 2. The van der Waals surface area contributed by atoms with Crippen LogP contribution in [0.15, 0.2) is 12.2 Å². The predicted molar refractivity (Wildman–Crippen MR) is 201 cm³/mol. The number of carbonyl (C=O) groups is 1. The second-order valence-corrected chi connectivity index (χ2v) is 15.4. The number of unbranched alkanes of at least 4 members (excludes halogenated alkanes) is 18.